The molecule has 1 N–H and O–H groups in total. The molecule has 1 aliphatic rings. The first kappa shape index (κ1) is 18.5. The second kappa shape index (κ2) is 9.39. The van der Waals surface area contributed by atoms with Gasteiger partial charge in [0.2, 0.25) is 0 Å². The summed E-state index contributed by atoms with van der Waals surface area (Å²) in [7, 11) is 0. The lowest BCUT2D eigenvalue weighted by Crippen LogP contribution is -2.30. The molecule has 0 bridgehead atoms. The van der Waals surface area contributed by atoms with Crippen molar-refractivity contribution in [2.75, 3.05) is 19.7 Å². The average Bonchev–Trinajstić information content (AvgIpc) is 2.68. The molecule has 26 heavy (non-hydrogen) atoms. The molecule has 2 aromatic carbocycles. The van der Waals surface area contributed by atoms with Gasteiger partial charge in [-0.05, 0) is 56.1 Å². The zero-order valence-corrected chi connectivity index (χ0v) is 15.5. The molecular weight excluding hydrogens is 324 g/mol. The molecule has 1 saturated heterocycles. The molecule has 4 heteroatoms. The van der Waals surface area contributed by atoms with Gasteiger partial charge in [0.15, 0.2) is 0 Å². The molecule has 3 rings (SSSR count). The molecule has 0 spiro atoms. The lowest BCUT2D eigenvalue weighted by Gasteiger charge is -2.27. The van der Waals surface area contributed by atoms with Crippen molar-refractivity contribution in [2.45, 2.75) is 39.3 Å². The highest BCUT2D eigenvalue weighted by molar-refractivity contribution is 5.96. The van der Waals surface area contributed by atoms with Gasteiger partial charge >= 0.3 is 0 Å². The molecule has 0 radical (unpaired) electrons. The van der Waals surface area contributed by atoms with E-state index in [0.717, 1.165) is 6.54 Å². The minimum Gasteiger partial charge on any atom is -0.493 e. The van der Waals surface area contributed by atoms with Gasteiger partial charge in [-0.2, -0.15) is 0 Å². The summed E-state index contributed by atoms with van der Waals surface area (Å²) < 4.78 is 5.57. The van der Waals surface area contributed by atoms with Crippen molar-refractivity contribution < 1.29 is 9.53 Å². The van der Waals surface area contributed by atoms with Crippen LogP contribution in [0.2, 0.25) is 0 Å². The highest BCUT2D eigenvalue weighted by Crippen LogP contribution is 2.19. The van der Waals surface area contributed by atoms with E-state index in [1.54, 1.807) is 6.07 Å². The summed E-state index contributed by atoms with van der Waals surface area (Å²) >= 11 is 0. The number of carbonyl (C=O) groups excluding carboxylic acids is 1. The van der Waals surface area contributed by atoms with Gasteiger partial charge in [-0.3, -0.25) is 9.69 Å². The fraction of sp³-hybridized carbons (Fsp3) is 0.409. The SMILES string of the molecule is CCOc1ccccc1C(=O)NCc1ccccc1CN1CCCCC1. The summed E-state index contributed by atoms with van der Waals surface area (Å²) in [4.78, 5) is 15.1. The van der Waals surface area contributed by atoms with E-state index in [0.29, 0.717) is 24.5 Å². The number of hydrogen-bond donors (Lipinski definition) is 1. The van der Waals surface area contributed by atoms with Crippen LogP contribution in [-0.4, -0.2) is 30.5 Å². The molecule has 1 heterocycles. The number of benzene rings is 2. The number of ether oxygens (including phenoxy) is 1. The minimum absolute atomic E-state index is 0.0955. The van der Waals surface area contributed by atoms with Crippen LogP contribution in [0.15, 0.2) is 48.5 Å². The molecule has 0 saturated carbocycles. The van der Waals surface area contributed by atoms with Crippen LogP contribution in [0.1, 0.15) is 47.7 Å². The lowest BCUT2D eigenvalue weighted by molar-refractivity contribution is 0.0947. The number of nitrogens with one attached hydrogen (secondary N) is 1. The van der Waals surface area contributed by atoms with Crippen LogP contribution >= 0.6 is 0 Å². The standard InChI is InChI=1S/C22H28N2O2/c1-2-26-21-13-7-6-12-20(21)22(25)23-16-18-10-4-5-11-19(18)17-24-14-8-3-9-15-24/h4-7,10-13H,2-3,8-9,14-17H2,1H3,(H,23,25). The molecule has 0 atom stereocenters. The number of rotatable bonds is 7. The predicted molar refractivity (Wildman–Crippen MR) is 104 cm³/mol. The monoisotopic (exact) mass is 352 g/mol. The number of nitrogens with zero attached hydrogens (tertiary/aromatic N) is 1. The Kier molecular flexibility index (Phi) is 6.67. The fourth-order valence-electron chi connectivity index (χ4n) is 3.45. The highest BCUT2D eigenvalue weighted by Gasteiger charge is 2.14. The maximum absolute atomic E-state index is 12.6. The number of likely N-dealkylation sites (tertiary alicyclic amines) is 1. The van der Waals surface area contributed by atoms with E-state index in [9.17, 15) is 4.79 Å². The summed E-state index contributed by atoms with van der Waals surface area (Å²) in [6.07, 6.45) is 3.91. The van der Waals surface area contributed by atoms with Crippen LogP contribution in [0.4, 0.5) is 0 Å². The quantitative estimate of drug-likeness (QED) is 0.819. The Morgan fingerprint density at radius 1 is 1.00 bits per heavy atom. The normalized spacial score (nSPS) is 14.8. The Hall–Kier alpha value is -2.33. The number of piperidine rings is 1. The summed E-state index contributed by atoms with van der Waals surface area (Å²) in [5, 5.41) is 3.05. The Morgan fingerprint density at radius 2 is 1.69 bits per heavy atom. The first-order valence-corrected chi connectivity index (χ1v) is 9.57. The minimum atomic E-state index is -0.0955. The molecule has 4 nitrogen and oxygen atoms in total. The largest absolute Gasteiger partial charge is 0.493 e. The van der Waals surface area contributed by atoms with Crippen LogP contribution < -0.4 is 10.1 Å². The maximum atomic E-state index is 12.6. The van der Waals surface area contributed by atoms with Crippen molar-refractivity contribution in [3.8, 4) is 5.75 Å². The number of para-hydroxylation sites is 1. The zero-order chi connectivity index (χ0) is 18.2. The van der Waals surface area contributed by atoms with E-state index < -0.39 is 0 Å². The smallest absolute Gasteiger partial charge is 0.255 e. The number of amides is 1. The zero-order valence-electron chi connectivity index (χ0n) is 15.5. The van der Waals surface area contributed by atoms with Gasteiger partial charge in [0, 0.05) is 13.1 Å². The van der Waals surface area contributed by atoms with Gasteiger partial charge in [0.05, 0.1) is 12.2 Å². The number of hydrogen-bond acceptors (Lipinski definition) is 3. The van der Waals surface area contributed by atoms with E-state index in [4.69, 9.17) is 4.74 Å². The third-order valence-electron chi connectivity index (χ3n) is 4.83. The predicted octanol–water partition coefficient (Wildman–Crippen LogP) is 4.00. The van der Waals surface area contributed by atoms with Crippen molar-refractivity contribution in [1.82, 2.24) is 10.2 Å². The van der Waals surface area contributed by atoms with Crippen LogP contribution in [0.5, 0.6) is 5.75 Å². The third kappa shape index (κ3) is 4.85. The Morgan fingerprint density at radius 3 is 2.46 bits per heavy atom. The van der Waals surface area contributed by atoms with Gasteiger partial charge in [-0.25, -0.2) is 0 Å². The van der Waals surface area contributed by atoms with Gasteiger partial charge < -0.3 is 10.1 Å². The topological polar surface area (TPSA) is 41.6 Å². The molecule has 1 fully saturated rings. The average molecular weight is 352 g/mol. The van der Waals surface area contributed by atoms with Crippen LogP contribution in [0, 0.1) is 0 Å². The van der Waals surface area contributed by atoms with E-state index in [-0.39, 0.29) is 5.91 Å². The molecule has 0 aliphatic carbocycles. The van der Waals surface area contributed by atoms with Crippen LogP contribution in [0.25, 0.3) is 0 Å². The summed E-state index contributed by atoms with van der Waals surface area (Å²) in [6.45, 7) is 6.30. The lowest BCUT2D eigenvalue weighted by atomic mass is 10.0. The van der Waals surface area contributed by atoms with E-state index in [2.05, 4.69) is 28.4 Å². The second-order valence-electron chi connectivity index (χ2n) is 6.72. The Balaban J connectivity index is 1.65. The Bertz CT molecular complexity index is 724. The summed E-state index contributed by atoms with van der Waals surface area (Å²) in [5.41, 5.74) is 3.07. The van der Waals surface area contributed by atoms with E-state index in [1.807, 2.05) is 31.2 Å². The van der Waals surface area contributed by atoms with Crippen molar-refractivity contribution >= 4 is 5.91 Å². The summed E-state index contributed by atoms with van der Waals surface area (Å²) in [6, 6.07) is 15.8. The van der Waals surface area contributed by atoms with Gasteiger partial charge in [-0.15, -0.1) is 0 Å². The van der Waals surface area contributed by atoms with Crippen molar-refractivity contribution in [3.63, 3.8) is 0 Å². The van der Waals surface area contributed by atoms with Gasteiger partial charge in [-0.1, -0.05) is 42.8 Å². The van der Waals surface area contributed by atoms with Gasteiger partial charge in [0.1, 0.15) is 5.75 Å². The third-order valence-corrected chi connectivity index (χ3v) is 4.83. The molecular formula is C22H28N2O2. The molecule has 2 aromatic rings. The molecule has 0 unspecified atom stereocenters. The molecule has 138 valence electrons. The van der Waals surface area contributed by atoms with E-state index >= 15 is 0 Å². The number of carbonyl (C=O) groups is 1. The first-order valence-electron chi connectivity index (χ1n) is 9.57. The van der Waals surface area contributed by atoms with Crippen LogP contribution in [0.3, 0.4) is 0 Å². The van der Waals surface area contributed by atoms with Crippen molar-refractivity contribution in [2.24, 2.45) is 0 Å². The van der Waals surface area contributed by atoms with E-state index in [1.165, 1.54) is 43.5 Å². The maximum Gasteiger partial charge on any atom is 0.255 e. The van der Waals surface area contributed by atoms with Gasteiger partial charge in [0.25, 0.3) is 5.91 Å². The van der Waals surface area contributed by atoms with Crippen molar-refractivity contribution in [3.05, 3.63) is 65.2 Å². The van der Waals surface area contributed by atoms with Crippen LogP contribution in [-0.2, 0) is 13.1 Å². The second-order valence-corrected chi connectivity index (χ2v) is 6.72. The highest BCUT2D eigenvalue weighted by atomic mass is 16.5. The molecule has 1 aliphatic heterocycles. The first-order chi connectivity index (χ1) is 12.8. The summed E-state index contributed by atoms with van der Waals surface area (Å²) in [5.74, 6) is 0.538. The molecule has 0 aromatic heterocycles. The fourth-order valence-corrected chi connectivity index (χ4v) is 3.45. The Labute approximate surface area is 156 Å². The molecule has 1 amide bonds. The van der Waals surface area contributed by atoms with Crippen molar-refractivity contribution in [1.29, 1.82) is 0 Å².